The third kappa shape index (κ3) is 2.47. The molecule has 1 N–H and O–H groups in total. The van der Waals surface area contributed by atoms with E-state index in [0.717, 1.165) is 24.2 Å². The number of nitrogens with one attached hydrogen (secondary N) is 1. The minimum Gasteiger partial charge on any atom is -0.324 e. The van der Waals surface area contributed by atoms with E-state index in [-0.39, 0.29) is 0 Å². The summed E-state index contributed by atoms with van der Waals surface area (Å²) in [7, 11) is 0. The first-order valence-corrected chi connectivity index (χ1v) is 6.11. The van der Waals surface area contributed by atoms with E-state index in [1.54, 1.807) is 6.07 Å². The summed E-state index contributed by atoms with van der Waals surface area (Å²) in [5.74, 6) is 0.980. The number of alkyl halides is 1. The lowest BCUT2D eigenvalue weighted by molar-refractivity contribution is 0.475. The molecule has 3 nitrogen and oxygen atoms in total. The molecule has 1 aromatic carbocycles. The number of rotatable bonds is 4. The molecule has 18 heavy (non-hydrogen) atoms. The maximum Gasteiger partial charge on any atom is 0.227 e. The Bertz CT molecular complexity index is 538. The standard InChI is InChI=1S/C14H14FN3/c15-9-12-8-13(10-6-7-10)18-14(17-12)16-11-4-2-1-3-5-11/h1-5,8,10H,6-7,9H2,(H,16,17,18). The monoisotopic (exact) mass is 243 g/mol. The van der Waals surface area contributed by atoms with Crippen LogP contribution in [0, 0.1) is 0 Å². The average Bonchev–Trinajstić information content (AvgIpc) is 3.24. The summed E-state index contributed by atoms with van der Waals surface area (Å²) in [6.07, 6.45) is 2.29. The van der Waals surface area contributed by atoms with Gasteiger partial charge in [0, 0.05) is 17.3 Å². The molecule has 1 aromatic heterocycles. The van der Waals surface area contributed by atoms with Crippen LogP contribution in [0.5, 0.6) is 0 Å². The molecule has 0 bridgehead atoms. The fourth-order valence-corrected chi connectivity index (χ4v) is 1.88. The molecule has 1 aliphatic carbocycles. The van der Waals surface area contributed by atoms with E-state index >= 15 is 0 Å². The van der Waals surface area contributed by atoms with Crippen LogP contribution in [0.2, 0.25) is 0 Å². The molecule has 0 atom stereocenters. The Morgan fingerprint density at radius 2 is 1.94 bits per heavy atom. The lowest BCUT2D eigenvalue weighted by atomic mass is 10.2. The normalized spacial score (nSPS) is 14.5. The number of para-hydroxylation sites is 1. The summed E-state index contributed by atoms with van der Waals surface area (Å²) in [5.41, 5.74) is 2.32. The van der Waals surface area contributed by atoms with Crippen LogP contribution in [0.3, 0.4) is 0 Å². The van der Waals surface area contributed by atoms with Gasteiger partial charge in [-0.3, -0.25) is 0 Å². The highest BCUT2D eigenvalue weighted by molar-refractivity contribution is 5.53. The predicted molar refractivity (Wildman–Crippen MR) is 68.5 cm³/mol. The first kappa shape index (κ1) is 11.1. The predicted octanol–water partition coefficient (Wildman–Crippen LogP) is 3.57. The molecule has 0 amide bonds. The second-order valence-electron chi connectivity index (χ2n) is 4.51. The van der Waals surface area contributed by atoms with Crippen LogP contribution in [0.4, 0.5) is 16.0 Å². The van der Waals surface area contributed by atoms with Crippen LogP contribution in [0.1, 0.15) is 30.1 Å². The van der Waals surface area contributed by atoms with Crippen LogP contribution >= 0.6 is 0 Å². The van der Waals surface area contributed by atoms with Crippen LogP contribution in [-0.2, 0) is 6.67 Å². The lowest BCUT2D eigenvalue weighted by Gasteiger charge is -2.07. The summed E-state index contributed by atoms with van der Waals surface area (Å²) >= 11 is 0. The Kier molecular flexibility index (Phi) is 2.92. The number of hydrogen-bond donors (Lipinski definition) is 1. The number of hydrogen-bond acceptors (Lipinski definition) is 3. The molecule has 3 rings (SSSR count). The highest BCUT2D eigenvalue weighted by Gasteiger charge is 2.26. The highest BCUT2D eigenvalue weighted by atomic mass is 19.1. The summed E-state index contributed by atoms with van der Waals surface area (Å²) in [6, 6.07) is 11.4. The van der Waals surface area contributed by atoms with Crippen molar-refractivity contribution in [2.24, 2.45) is 0 Å². The molecule has 4 heteroatoms. The van der Waals surface area contributed by atoms with Crippen molar-refractivity contribution < 1.29 is 4.39 Å². The van der Waals surface area contributed by atoms with Gasteiger partial charge < -0.3 is 5.32 Å². The van der Waals surface area contributed by atoms with Crippen LogP contribution in [0.25, 0.3) is 0 Å². The third-order valence-electron chi connectivity index (χ3n) is 2.96. The number of benzene rings is 1. The van der Waals surface area contributed by atoms with Gasteiger partial charge in [-0.1, -0.05) is 18.2 Å². The van der Waals surface area contributed by atoms with E-state index in [0.29, 0.717) is 17.6 Å². The van der Waals surface area contributed by atoms with Crippen LogP contribution < -0.4 is 5.32 Å². The van der Waals surface area contributed by atoms with Crippen molar-refractivity contribution in [1.82, 2.24) is 9.97 Å². The molecule has 1 aliphatic rings. The van der Waals surface area contributed by atoms with E-state index < -0.39 is 6.67 Å². The number of halogens is 1. The van der Waals surface area contributed by atoms with Gasteiger partial charge in [-0.2, -0.15) is 0 Å². The molecule has 2 aromatic rings. The first-order valence-electron chi connectivity index (χ1n) is 6.11. The van der Waals surface area contributed by atoms with Crippen molar-refractivity contribution in [1.29, 1.82) is 0 Å². The van der Waals surface area contributed by atoms with E-state index in [1.165, 1.54) is 0 Å². The number of anilines is 2. The zero-order valence-corrected chi connectivity index (χ0v) is 9.94. The van der Waals surface area contributed by atoms with Gasteiger partial charge in [-0.05, 0) is 31.0 Å². The Morgan fingerprint density at radius 3 is 2.61 bits per heavy atom. The maximum absolute atomic E-state index is 12.8. The Morgan fingerprint density at radius 1 is 1.17 bits per heavy atom. The smallest absolute Gasteiger partial charge is 0.227 e. The summed E-state index contributed by atoms with van der Waals surface area (Å²) < 4.78 is 12.8. The molecule has 0 aliphatic heterocycles. The molecule has 92 valence electrons. The quantitative estimate of drug-likeness (QED) is 0.892. The zero-order valence-electron chi connectivity index (χ0n) is 9.94. The second-order valence-corrected chi connectivity index (χ2v) is 4.51. The molecule has 1 fully saturated rings. The Hall–Kier alpha value is -1.97. The number of nitrogens with zero attached hydrogens (tertiary/aromatic N) is 2. The summed E-state index contributed by atoms with van der Waals surface area (Å²) in [5, 5.41) is 3.11. The number of aromatic nitrogens is 2. The van der Waals surface area contributed by atoms with Crippen LogP contribution in [0.15, 0.2) is 36.4 Å². The molecule has 0 radical (unpaired) electrons. The van der Waals surface area contributed by atoms with Crippen molar-refractivity contribution in [2.45, 2.75) is 25.4 Å². The fourth-order valence-electron chi connectivity index (χ4n) is 1.88. The molecular formula is C14H14FN3. The molecule has 0 spiro atoms. The van der Waals surface area contributed by atoms with E-state index in [4.69, 9.17) is 0 Å². The lowest BCUT2D eigenvalue weighted by Crippen LogP contribution is -2.02. The van der Waals surface area contributed by atoms with Crippen molar-refractivity contribution >= 4 is 11.6 Å². The largest absolute Gasteiger partial charge is 0.324 e. The summed E-state index contributed by atoms with van der Waals surface area (Å²) in [4.78, 5) is 8.61. The van der Waals surface area contributed by atoms with Crippen molar-refractivity contribution in [3.05, 3.63) is 47.8 Å². The van der Waals surface area contributed by atoms with Gasteiger partial charge in [0.05, 0.1) is 5.69 Å². The van der Waals surface area contributed by atoms with Crippen molar-refractivity contribution in [2.75, 3.05) is 5.32 Å². The summed E-state index contributed by atoms with van der Waals surface area (Å²) in [6.45, 7) is -0.550. The molecular weight excluding hydrogens is 229 g/mol. The van der Waals surface area contributed by atoms with Gasteiger partial charge in [0.2, 0.25) is 5.95 Å². The molecule has 0 unspecified atom stereocenters. The zero-order chi connectivity index (χ0) is 12.4. The van der Waals surface area contributed by atoms with E-state index in [2.05, 4.69) is 15.3 Å². The van der Waals surface area contributed by atoms with Gasteiger partial charge in [0.15, 0.2) is 0 Å². The van der Waals surface area contributed by atoms with E-state index in [9.17, 15) is 4.39 Å². The van der Waals surface area contributed by atoms with Crippen molar-refractivity contribution in [3.63, 3.8) is 0 Å². The third-order valence-corrected chi connectivity index (χ3v) is 2.96. The first-order chi connectivity index (χ1) is 8.85. The van der Waals surface area contributed by atoms with Gasteiger partial charge in [0.1, 0.15) is 6.67 Å². The van der Waals surface area contributed by atoms with Crippen molar-refractivity contribution in [3.8, 4) is 0 Å². The minimum absolute atomic E-state index is 0.449. The van der Waals surface area contributed by atoms with Crippen LogP contribution in [-0.4, -0.2) is 9.97 Å². The Labute approximate surface area is 105 Å². The van der Waals surface area contributed by atoms with Gasteiger partial charge in [-0.15, -0.1) is 0 Å². The fraction of sp³-hybridized carbons (Fsp3) is 0.286. The topological polar surface area (TPSA) is 37.8 Å². The maximum atomic E-state index is 12.8. The van der Waals surface area contributed by atoms with Gasteiger partial charge in [-0.25, -0.2) is 14.4 Å². The average molecular weight is 243 g/mol. The Balaban J connectivity index is 1.88. The van der Waals surface area contributed by atoms with Gasteiger partial charge in [0.25, 0.3) is 0 Å². The van der Waals surface area contributed by atoms with E-state index in [1.807, 2.05) is 30.3 Å². The molecule has 1 saturated carbocycles. The van der Waals surface area contributed by atoms with Gasteiger partial charge >= 0.3 is 0 Å². The minimum atomic E-state index is -0.550. The highest BCUT2D eigenvalue weighted by Crippen LogP contribution is 2.39. The molecule has 1 heterocycles. The SMILES string of the molecule is FCc1cc(C2CC2)nc(Nc2ccccc2)n1. The molecule has 0 saturated heterocycles. The second kappa shape index (κ2) is 4.72.